The summed E-state index contributed by atoms with van der Waals surface area (Å²) in [5.74, 6) is 0.808. The number of carbonyl (C=O) groups is 1. The molecule has 0 radical (unpaired) electrons. The SMILES string of the molecule is CCCCCC(C=O)C1(COC)CCCCC1C. The zero-order chi connectivity index (χ0) is 13.4. The zero-order valence-electron chi connectivity index (χ0n) is 12.4. The molecule has 1 aliphatic carbocycles. The third-order valence-corrected chi connectivity index (χ3v) is 4.95. The van der Waals surface area contributed by atoms with E-state index in [1.165, 1.54) is 44.8 Å². The monoisotopic (exact) mass is 254 g/mol. The molecule has 0 aliphatic heterocycles. The maximum Gasteiger partial charge on any atom is 0.123 e. The van der Waals surface area contributed by atoms with E-state index in [9.17, 15) is 4.79 Å². The van der Waals surface area contributed by atoms with E-state index in [2.05, 4.69) is 13.8 Å². The summed E-state index contributed by atoms with van der Waals surface area (Å²) >= 11 is 0. The minimum absolute atomic E-state index is 0.114. The molecule has 1 fully saturated rings. The third kappa shape index (κ3) is 3.57. The van der Waals surface area contributed by atoms with Gasteiger partial charge in [-0.25, -0.2) is 0 Å². The van der Waals surface area contributed by atoms with Gasteiger partial charge in [0, 0.05) is 18.4 Å². The van der Waals surface area contributed by atoms with Crippen molar-refractivity contribution in [3.63, 3.8) is 0 Å². The van der Waals surface area contributed by atoms with E-state index in [-0.39, 0.29) is 11.3 Å². The van der Waals surface area contributed by atoms with Crippen LogP contribution in [0.2, 0.25) is 0 Å². The number of rotatable bonds is 8. The quantitative estimate of drug-likeness (QED) is 0.479. The summed E-state index contributed by atoms with van der Waals surface area (Å²) in [4.78, 5) is 11.6. The first-order valence-corrected chi connectivity index (χ1v) is 7.65. The van der Waals surface area contributed by atoms with Gasteiger partial charge in [0.1, 0.15) is 6.29 Å². The lowest BCUT2D eigenvalue weighted by atomic mass is 9.60. The molecule has 1 rings (SSSR count). The predicted molar refractivity (Wildman–Crippen MR) is 75.6 cm³/mol. The molecule has 3 atom stereocenters. The predicted octanol–water partition coefficient (Wildman–Crippen LogP) is 4.22. The Bertz CT molecular complexity index is 235. The van der Waals surface area contributed by atoms with Crippen LogP contribution in [0.3, 0.4) is 0 Å². The molecule has 2 heteroatoms. The van der Waals surface area contributed by atoms with Crippen molar-refractivity contribution in [3.05, 3.63) is 0 Å². The second-order valence-corrected chi connectivity index (χ2v) is 6.05. The van der Waals surface area contributed by atoms with E-state index in [1.54, 1.807) is 7.11 Å². The fourth-order valence-corrected chi connectivity index (χ4v) is 3.68. The highest BCUT2D eigenvalue weighted by Crippen LogP contribution is 2.47. The molecule has 0 amide bonds. The van der Waals surface area contributed by atoms with E-state index in [1.807, 2.05) is 0 Å². The maximum atomic E-state index is 11.6. The molecular formula is C16H30O2. The second kappa shape index (κ2) is 7.93. The Morgan fingerprint density at radius 3 is 2.72 bits per heavy atom. The van der Waals surface area contributed by atoms with E-state index in [0.29, 0.717) is 5.92 Å². The minimum Gasteiger partial charge on any atom is -0.384 e. The molecule has 0 saturated heterocycles. The van der Waals surface area contributed by atoms with Crippen molar-refractivity contribution in [2.24, 2.45) is 17.3 Å². The van der Waals surface area contributed by atoms with Crippen LogP contribution in [-0.2, 0) is 9.53 Å². The third-order valence-electron chi connectivity index (χ3n) is 4.95. The van der Waals surface area contributed by atoms with Gasteiger partial charge in [-0.15, -0.1) is 0 Å². The standard InChI is InChI=1S/C16H30O2/c1-4-5-6-10-15(12-17)16(13-18-3)11-8-7-9-14(16)2/h12,14-15H,4-11,13H2,1-3H3. The Hall–Kier alpha value is -0.370. The van der Waals surface area contributed by atoms with Crippen LogP contribution in [0, 0.1) is 17.3 Å². The largest absolute Gasteiger partial charge is 0.384 e. The topological polar surface area (TPSA) is 26.3 Å². The number of hydrogen-bond donors (Lipinski definition) is 0. The number of carbonyl (C=O) groups excluding carboxylic acids is 1. The van der Waals surface area contributed by atoms with Gasteiger partial charge < -0.3 is 9.53 Å². The number of methoxy groups -OCH3 is 1. The Kier molecular flexibility index (Phi) is 6.91. The summed E-state index contributed by atoms with van der Waals surface area (Å²) in [6.07, 6.45) is 10.9. The lowest BCUT2D eigenvalue weighted by Crippen LogP contribution is -2.43. The molecule has 106 valence electrons. The highest BCUT2D eigenvalue weighted by Gasteiger charge is 2.44. The summed E-state index contributed by atoms with van der Waals surface area (Å²) in [6.45, 7) is 5.28. The van der Waals surface area contributed by atoms with Gasteiger partial charge in [-0.1, -0.05) is 52.4 Å². The van der Waals surface area contributed by atoms with Gasteiger partial charge in [0.05, 0.1) is 6.61 Å². The van der Waals surface area contributed by atoms with Gasteiger partial charge in [-0.3, -0.25) is 0 Å². The highest BCUT2D eigenvalue weighted by molar-refractivity contribution is 5.55. The van der Waals surface area contributed by atoms with E-state index < -0.39 is 0 Å². The minimum atomic E-state index is 0.114. The summed E-state index contributed by atoms with van der Waals surface area (Å²) < 4.78 is 5.49. The molecule has 1 aliphatic rings. The van der Waals surface area contributed by atoms with Crippen molar-refractivity contribution < 1.29 is 9.53 Å². The number of hydrogen-bond acceptors (Lipinski definition) is 2. The van der Waals surface area contributed by atoms with Gasteiger partial charge in [-0.2, -0.15) is 0 Å². The van der Waals surface area contributed by atoms with Crippen LogP contribution in [0.25, 0.3) is 0 Å². The zero-order valence-corrected chi connectivity index (χ0v) is 12.4. The van der Waals surface area contributed by atoms with Crippen LogP contribution in [0.4, 0.5) is 0 Å². The average molecular weight is 254 g/mol. The first kappa shape index (κ1) is 15.7. The summed E-state index contributed by atoms with van der Waals surface area (Å²) in [6, 6.07) is 0. The summed E-state index contributed by atoms with van der Waals surface area (Å²) in [5, 5.41) is 0. The van der Waals surface area contributed by atoms with Crippen molar-refractivity contribution in [2.75, 3.05) is 13.7 Å². The van der Waals surface area contributed by atoms with E-state index in [0.717, 1.165) is 19.4 Å². The highest BCUT2D eigenvalue weighted by atomic mass is 16.5. The second-order valence-electron chi connectivity index (χ2n) is 6.05. The molecule has 0 aromatic carbocycles. The molecule has 0 N–H and O–H groups in total. The lowest BCUT2D eigenvalue weighted by molar-refractivity contribution is -0.122. The summed E-state index contributed by atoms with van der Waals surface area (Å²) in [5.41, 5.74) is 0.114. The van der Waals surface area contributed by atoms with Crippen LogP contribution in [0.5, 0.6) is 0 Å². The molecule has 18 heavy (non-hydrogen) atoms. The Morgan fingerprint density at radius 1 is 1.39 bits per heavy atom. The Balaban J connectivity index is 2.75. The summed E-state index contributed by atoms with van der Waals surface area (Å²) in [7, 11) is 1.77. The molecule has 0 heterocycles. The van der Waals surface area contributed by atoms with Gasteiger partial charge in [0.2, 0.25) is 0 Å². The average Bonchev–Trinajstić information content (AvgIpc) is 2.38. The van der Waals surface area contributed by atoms with E-state index >= 15 is 0 Å². The smallest absolute Gasteiger partial charge is 0.123 e. The Morgan fingerprint density at radius 2 is 2.17 bits per heavy atom. The molecule has 2 nitrogen and oxygen atoms in total. The molecule has 0 spiro atoms. The molecule has 0 aromatic rings. The molecule has 0 bridgehead atoms. The number of unbranched alkanes of at least 4 members (excludes halogenated alkanes) is 2. The van der Waals surface area contributed by atoms with Crippen molar-refractivity contribution in [2.45, 2.75) is 65.2 Å². The van der Waals surface area contributed by atoms with Crippen LogP contribution in [0.1, 0.15) is 65.2 Å². The maximum absolute atomic E-state index is 11.6. The van der Waals surface area contributed by atoms with Crippen LogP contribution >= 0.6 is 0 Å². The van der Waals surface area contributed by atoms with Gasteiger partial charge in [0.15, 0.2) is 0 Å². The first-order chi connectivity index (χ1) is 8.71. The van der Waals surface area contributed by atoms with Gasteiger partial charge in [0.25, 0.3) is 0 Å². The van der Waals surface area contributed by atoms with Crippen molar-refractivity contribution in [1.82, 2.24) is 0 Å². The number of ether oxygens (including phenoxy) is 1. The van der Waals surface area contributed by atoms with Crippen LogP contribution < -0.4 is 0 Å². The van der Waals surface area contributed by atoms with Crippen molar-refractivity contribution in [1.29, 1.82) is 0 Å². The first-order valence-electron chi connectivity index (χ1n) is 7.65. The lowest BCUT2D eigenvalue weighted by Gasteiger charge is -2.46. The fraction of sp³-hybridized carbons (Fsp3) is 0.938. The number of aldehydes is 1. The molecule has 0 aromatic heterocycles. The van der Waals surface area contributed by atoms with Crippen molar-refractivity contribution >= 4 is 6.29 Å². The van der Waals surface area contributed by atoms with Gasteiger partial charge in [-0.05, 0) is 18.8 Å². The van der Waals surface area contributed by atoms with Crippen LogP contribution in [0.15, 0.2) is 0 Å². The van der Waals surface area contributed by atoms with Crippen molar-refractivity contribution in [3.8, 4) is 0 Å². The molecular weight excluding hydrogens is 224 g/mol. The Labute approximate surface area is 112 Å². The fourth-order valence-electron chi connectivity index (χ4n) is 3.68. The normalized spacial score (nSPS) is 30.1. The van der Waals surface area contributed by atoms with E-state index in [4.69, 9.17) is 4.74 Å². The molecule has 1 saturated carbocycles. The molecule has 3 unspecified atom stereocenters. The van der Waals surface area contributed by atoms with Gasteiger partial charge >= 0.3 is 0 Å². The van der Waals surface area contributed by atoms with Crippen LogP contribution in [-0.4, -0.2) is 20.0 Å².